The van der Waals surface area contributed by atoms with Gasteiger partial charge in [-0.2, -0.15) is 0 Å². The van der Waals surface area contributed by atoms with E-state index in [2.05, 4.69) is 5.32 Å². The zero-order chi connectivity index (χ0) is 16.1. The molecular formula is C16H23NO5. The normalized spacial score (nSPS) is 31.7. The van der Waals surface area contributed by atoms with Gasteiger partial charge in [0.1, 0.15) is 18.2 Å². The maximum Gasteiger partial charge on any atom is 0.217 e. The first kappa shape index (κ1) is 16.9. The maximum atomic E-state index is 11.4. The van der Waals surface area contributed by atoms with Crippen molar-refractivity contribution >= 4 is 5.91 Å². The van der Waals surface area contributed by atoms with Crippen LogP contribution in [-0.4, -0.2) is 48.8 Å². The van der Waals surface area contributed by atoms with E-state index in [0.29, 0.717) is 6.61 Å². The molecule has 0 spiro atoms. The van der Waals surface area contributed by atoms with Gasteiger partial charge in [0.15, 0.2) is 6.29 Å². The lowest BCUT2D eigenvalue weighted by Crippen LogP contribution is -2.63. The smallest absolute Gasteiger partial charge is 0.217 e. The molecule has 1 aromatic rings. The van der Waals surface area contributed by atoms with Crippen LogP contribution in [0, 0.1) is 0 Å². The Morgan fingerprint density at radius 1 is 1.36 bits per heavy atom. The Kier molecular flexibility index (Phi) is 5.90. The van der Waals surface area contributed by atoms with E-state index in [9.17, 15) is 9.90 Å². The molecule has 1 aromatic carbocycles. The number of hydrogen-bond acceptors (Lipinski definition) is 5. The molecule has 6 nitrogen and oxygen atoms in total. The van der Waals surface area contributed by atoms with Crippen LogP contribution < -0.4 is 5.32 Å². The number of ether oxygens (including phenoxy) is 3. The molecular weight excluding hydrogens is 286 g/mol. The van der Waals surface area contributed by atoms with Crippen molar-refractivity contribution in [2.75, 3.05) is 7.11 Å². The van der Waals surface area contributed by atoms with Gasteiger partial charge < -0.3 is 24.6 Å². The highest BCUT2D eigenvalue weighted by molar-refractivity contribution is 5.73. The molecule has 122 valence electrons. The van der Waals surface area contributed by atoms with Crippen LogP contribution in [0.1, 0.15) is 19.4 Å². The van der Waals surface area contributed by atoms with Gasteiger partial charge >= 0.3 is 0 Å². The predicted molar refractivity (Wildman–Crippen MR) is 80.0 cm³/mol. The predicted octanol–water partition coefficient (Wildman–Crippen LogP) is 0.829. The number of amides is 1. The van der Waals surface area contributed by atoms with Gasteiger partial charge in [0.05, 0.1) is 12.7 Å². The van der Waals surface area contributed by atoms with E-state index >= 15 is 0 Å². The van der Waals surface area contributed by atoms with Gasteiger partial charge in [-0.15, -0.1) is 0 Å². The van der Waals surface area contributed by atoms with Gasteiger partial charge in [0.2, 0.25) is 5.91 Å². The second-order valence-electron chi connectivity index (χ2n) is 5.42. The molecule has 1 aliphatic rings. The summed E-state index contributed by atoms with van der Waals surface area (Å²) in [6.45, 7) is 3.49. The van der Waals surface area contributed by atoms with Crippen molar-refractivity contribution in [2.24, 2.45) is 0 Å². The van der Waals surface area contributed by atoms with E-state index < -0.39 is 30.6 Å². The zero-order valence-corrected chi connectivity index (χ0v) is 13.1. The fourth-order valence-electron chi connectivity index (χ4n) is 2.57. The Bertz CT molecular complexity index is 481. The van der Waals surface area contributed by atoms with E-state index in [0.717, 1.165) is 5.56 Å². The van der Waals surface area contributed by atoms with E-state index in [-0.39, 0.29) is 5.91 Å². The van der Waals surface area contributed by atoms with Gasteiger partial charge in [-0.3, -0.25) is 4.79 Å². The summed E-state index contributed by atoms with van der Waals surface area (Å²) in [5.74, 6) is -0.231. The number of benzene rings is 1. The molecule has 0 bridgehead atoms. The first-order chi connectivity index (χ1) is 10.5. The third-order valence-corrected chi connectivity index (χ3v) is 3.70. The third-order valence-electron chi connectivity index (χ3n) is 3.70. The fourth-order valence-corrected chi connectivity index (χ4v) is 2.57. The van der Waals surface area contributed by atoms with E-state index in [1.165, 1.54) is 14.0 Å². The Morgan fingerprint density at radius 2 is 2.05 bits per heavy atom. The monoisotopic (exact) mass is 309 g/mol. The van der Waals surface area contributed by atoms with Crippen molar-refractivity contribution < 1.29 is 24.1 Å². The molecule has 6 heteroatoms. The molecule has 0 aromatic heterocycles. The average Bonchev–Trinajstić information content (AvgIpc) is 2.51. The third kappa shape index (κ3) is 4.04. The van der Waals surface area contributed by atoms with Crippen molar-refractivity contribution in [3.8, 4) is 0 Å². The summed E-state index contributed by atoms with van der Waals surface area (Å²) < 4.78 is 16.7. The number of rotatable bonds is 5. The van der Waals surface area contributed by atoms with Crippen LogP contribution >= 0.6 is 0 Å². The lowest BCUT2D eigenvalue weighted by molar-refractivity contribution is -0.262. The number of nitrogens with one attached hydrogen (secondary N) is 1. The fraction of sp³-hybridized carbons (Fsp3) is 0.562. The maximum absolute atomic E-state index is 11.4. The van der Waals surface area contributed by atoms with Crippen LogP contribution in [0.2, 0.25) is 0 Å². The molecule has 2 rings (SSSR count). The molecule has 1 amide bonds. The van der Waals surface area contributed by atoms with Crippen LogP contribution in [0.15, 0.2) is 30.3 Å². The number of aliphatic hydroxyl groups excluding tert-OH is 1. The highest BCUT2D eigenvalue weighted by Crippen LogP contribution is 2.25. The number of carbonyl (C=O) groups excluding carboxylic acids is 1. The summed E-state index contributed by atoms with van der Waals surface area (Å²) in [6, 6.07) is 9.08. The molecule has 1 fully saturated rings. The molecule has 1 aliphatic heterocycles. The highest BCUT2D eigenvalue weighted by atomic mass is 16.7. The number of carbonyl (C=O) groups is 1. The van der Waals surface area contributed by atoms with E-state index in [1.807, 2.05) is 30.3 Å². The van der Waals surface area contributed by atoms with E-state index in [1.54, 1.807) is 6.92 Å². The minimum Gasteiger partial charge on any atom is -0.388 e. The Labute approximate surface area is 130 Å². The number of aliphatic hydroxyl groups is 1. The first-order valence-electron chi connectivity index (χ1n) is 7.32. The summed E-state index contributed by atoms with van der Waals surface area (Å²) in [5, 5.41) is 13.1. The second-order valence-corrected chi connectivity index (χ2v) is 5.42. The van der Waals surface area contributed by atoms with Crippen molar-refractivity contribution in [3.05, 3.63) is 35.9 Å². The zero-order valence-electron chi connectivity index (χ0n) is 13.1. The van der Waals surface area contributed by atoms with Gasteiger partial charge in [-0.05, 0) is 12.5 Å². The molecule has 22 heavy (non-hydrogen) atoms. The summed E-state index contributed by atoms with van der Waals surface area (Å²) in [6.07, 6.45) is -2.58. The summed E-state index contributed by atoms with van der Waals surface area (Å²) in [4.78, 5) is 11.4. The topological polar surface area (TPSA) is 77.0 Å². The summed E-state index contributed by atoms with van der Waals surface area (Å²) in [7, 11) is 1.50. The van der Waals surface area contributed by atoms with Gasteiger partial charge in [-0.25, -0.2) is 0 Å². The minimum atomic E-state index is -0.855. The van der Waals surface area contributed by atoms with Gasteiger partial charge in [-0.1, -0.05) is 30.3 Å². The Hall–Kier alpha value is -1.47. The molecule has 1 heterocycles. The summed E-state index contributed by atoms with van der Waals surface area (Å²) >= 11 is 0. The molecule has 0 saturated carbocycles. The quantitative estimate of drug-likeness (QED) is 0.842. The standard InChI is InChI=1S/C16H23NO5/c1-10-14(19)15(21-9-12-7-5-4-6-8-12)13(17-11(2)18)16(20-3)22-10/h4-8,10,13-16,19H,9H2,1-3H3,(H,17,18)/t10-,13-,14-,15-,16-/m1/s1. The lowest BCUT2D eigenvalue weighted by Gasteiger charge is -2.43. The SMILES string of the molecule is CO[C@@H]1O[C@H](C)[C@@H](O)[C@H](OCc2ccccc2)[C@H]1NC(C)=O. The first-order valence-corrected chi connectivity index (χ1v) is 7.32. The Balaban J connectivity index is 2.11. The molecule has 0 unspecified atom stereocenters. The molecule has 0 aliphatic carbocycles. The van der Waals surface area contributed by atoms with Crippen LogP contribution in [0.5, 0.6) is 0 Å². The van der Waals surface area contributed by atoms with Crippen LogP contribution in [0.4, 0.5) is 0 Å². The van der Waals surface area contributed by atoms with Crippen molar-refractivity contribution in [2.45, 2.75) is 51.1 Å². The Morgan fingerprint density at radius 3 is 2.64 bits per heavy atom. The number of hydrogen-bond donors (Lipinski definition) is 2. The largest absolute Gasteiger partial charge is 0.388 e. The molecule has 5 atom stereocenters. The van der Waals surface area contributed by atoms with Gasteiger partial charge in [0.25, 0.3) is 0 Å². The van der Waals surface area contributed by atoms with Crippen LogP contribution in [0.3, 0.4) is 0 Å². The van der Waals surface area contributed by atoms with Gasteiger partial charge in [0, 0.05) is 14.0 Å². The van der Waals surface area contributed by atoms with E-state index in [4.69, 9.17) is 14.2 Å². The summed E-state index contributed by atoms with van der Waals surface area (Å²) in [5.41, 5.74) is 0.990. The average molecular weight is 309 g/mol. The van der Waals surface area contributed by atoms with Crippen LogP contribution in [0.25, 0.3) is 0 Å². The van der Waals surface area contributed by atoms with Crippen molar-refractivity contribution in [1.82, 2.24) is 5.32 Å². The molecule has 1 saturated heterocycles. The molecule has 2 N–H and O–H groups in total. The van der Waals surface area contributed by atoms with Crippen molar-refractivity contribution in [3.63, 3.8) is 0 Å². The second kappa shape index (κ2) is 7.69. The minimum absolute atomic E-state index is 0.231. The highest BCUT2D eigenvalue weighted by Gasteiger charge is 2.45. The van der Waals surface area contributed by atoms with Crippen LogP contribution in [-0.2, 0) is 25.6 Å². The number of methoxy groups -OCH3 is 1. The molecule has 0 radical (unpaired) electrons. The van der Waals surface area contributed by atoms with Crippen molar-refractivity contribution in [1.29, 1.82) is 0 Å². The lowest BCUT2D eigenvalue weighted by atomic mass is 9.97.